The Hall–Kier alpha value is -1.52. The van der Waals surface area contributed by atoms with Crippen LogP contribution in [0, 0.1) is 13.7 Å². The molecule has 0 atom stereocenters. The van der Waals surface area contributed by atoms with Gasteiger partial charge in [-0.15, -0.1) is 0 Å². The molecule has 0 aliphatic heterocycles. The molecule has 0 heterocycles. The van der Waals surface area contributed by atoms with Gasteiger partial charge in [-0.05, 0) is 40.8 Å². The Labute approximate surface area is 129 Å². The van der Waals surface area contributed by atoms with Crippen LogP contribution >= 0.6 is 22.6 Å². The number of nitrogens with zero attached hydrogens (tertiary/aromatic N) is 1. The number of nitro groups is 1. The van der Waals surface area contributed by atoms with Gasteiger partial charge in [0.25, 0.3) is 15.8 Å². The summed E-state index contributed by atoms with van der Waals surface area (Å²) in [4.78, 5) is 8.98. The molecular weight excluding hydrogens is 397 g/mol. The summed E-state index contributed by atoms with van der Waals surface area (Å²) >= 11 is 2.28. The molecule has 0 radical (unpaired) electrons. The Morgan fingerprint density at radius 1 is 1.05 bits per heavy atom. The minimum Gasteiger partial charge on any atom is -0.282 e. The number of non-ortho nitro benzene ring substituents is 1. The van der Waals surface area contributed by atoms with Gasteiger partial charge in [-0.3, -0.25) is 14.7 Å². The summed E-state index contributed by atoms with van der Waals surface area (Å²) in [5.74, 6) is 0. The molecule has 0 spiro atoms. The van der Waals surface area contributed by atoms with E-state index in [2.05, 4.69) is 34.7 Å². The Kier molecular flexibility index (Phi) is 6.05. The molecule has 0 aliphatic rings. The third-order valence-electron chi connectivity index (χ3n) is 2.06. The minimum atomic E-state index is -4.36. The second-order valence-corrected chi connectivity index (χ2v) is 6.19. The van der Waals surface area contributed by atoms with Crippen molar-refractivity contribution in [3.05, 3.63) is 68.3 Å². The molecule has 8 heteroatoms. The molecule has 0 fully saturated rings. The van der Waals surface area contributed by atoms with Crippen molar-refractivity contribution in [2.45, 2.75) is 4.90 Å². The number of hydrogen-bond acceptors (Lipinski definition) is 4. The smallest absolute Gasteiger partial charge is 0.282 e. The average Bonchev–Trinajstić information content (AvgIpc) is 2.39. The molecule has 2 rings (SSSR count). The van der Waals surface area contributed by atoms with E-state index >= 15 is 0 Å². The summed E-state index contributed by atoms with van der Waals surface area (Å²) in [5, 5.41) is 10.2. The van der Waals surface area contributed by atoms with Crippen molar-refractivity contribution in [1.82, 2.24) is 0 Å². The van der Waals surface area contributed by atoms with Crippen LogP contribution in [0.2, 0.25) is 0 Å². The van der Waals surface area contributed by atoms with E-state index in [1.807, 2.05) is 18.2 Å². The topological polar surface area (TPSA) is 97.5 Å². The third kappa shape index (κ3) is 5.63. The Morgan fingerprint density at radius 2 is 1.65 bits per heavy atom. The first-order valence-electron chi connectivity index (χ1n) is 5.23. The molecule has 106 valence electrons. The third-order valence-corrected chi connectivity index (χ3v) is 3.63. The summed E-state index contributed by atoms with van der Waals surface area (Å²) in [5.41, 5.74) is -0.380. The lowest BCUT2D eigenvalue weighted by molar-refractivity contribution is -0.385. The van der Waals surface area contributed by atoms with Gasteiger partial charge >= 0.3 is 0 Å². The van der Waals surface area contributed by atoms with Crippen LogP contribution < -0.4 is 0 Å². The summed E-state index contributed by atoms with van der Waals surface area (Å²) in [6.45, 7) is 0. The van der Waals surface area contributed by atoms with E-state index in [1.54, 1.807) is 0 Å². The Morgan fingerprint density at radius 3 is 2.05 bits per heavy atom. The van der Waals surface area contributed by atoms with E-state index in [0.717, 1.165) is 18.2 Å². The largest absolute Gasteiger partial charge is 0.294 e. The van der Waals surface area contributed by atoms with E-state index in [9.17, 15) is 18.5 Å². The van der Waals surface area contributed by atoms with Crippen molar-refractivity contribution in [3.63, 3.8) is 0 Å². The zero-order valence-corrected chi connectivity index (χ0v) is 13.0. The van der Waals surface area contributed by atoms with Crippen molar-refractivity contribution in [2.24, 2.45) is 0 Å². The lowest BCUT2D eigenvalue weighted by Gasteiger charge is -1.95. The molecule has 0 unspecified atom stereocenters. The van der Waals surface area contributed by atoms with Gasteiger partial charge in [0.2, 0.25) is 0 Å². The molecule has 0 aliphatic carbocycles. The van der Waals surface area contributed by atoms with E-state index in [-0.39, 0.29) is 5.69 Å². The number of halogens is 1. The zero-order chi connectivity index (χ0) is 15.2. The van der Waals surface area contributed by atoms with Crippen molar-refractivity contribution >= 4 is 38.4 Å². The molecular formula is C12H10INO5S. The fourth-order valence-electron chi connectivity index (χ4n) is 1.17. The molecule has 0 saturated carbocycles. The molecule has 0 aromatic heterocycles. The van der Waals surface area contributed by atoms with E-state index in [1.165, 1.54) is 9.64 Å². The van der Waals surface area contributed by atoms with Crippen molar-refractivity contribution in [3.8, 4) is 0 Å². The van der Waals surface area contributed by atoms with Crippen LogP contribution in [0.3, 0.4) is 0 Å². The maximum Gasteiger partial charge on any atom is 0.294 e. The molecule has 1 N–H and O–H groups in total. The Balaban J connectivity index is 0.000000240. The first-order chi connectivity index (χ1) is 9.30. The fourth-order valence-corrected chi connectivity index (χ4v) is 2.11. The van der Waals surface area contributed by atoms with E-state index < -0.39 is 19.9 Å². The maximum absolute atomic E-state index is 10.5. The molecule has 20 heavy (non-hydrogen) atoms. The first-order valence-corrected chi connectivity index (χ1v) is 7.75. The molecule has 0 bridgehead atoms. The monoisotopic (exact) mass is 407 g/mol. The van der Waals surface area contributed by atoms with E-state index in [4.69, 9.17) is 4.55 Å². The maximum atomic E-state index is 10.5. The van der Waals surface area contributed by atoms with Crippen molar-refractivity contribution in [1.29, 1.82) is 0 Å². The lowest BCUT2D eigenvalue weighted by atomic mass is 10.3. The number of nitro benzene ring substituents is 1. The van der Waals surface area contributed by atoms with Gasteiger partial charge in [0.15, 0.2) is 0 Å². The molecule has 0 amide bonds. The quantitative estimate of drug-likeness (QED) is 0.357. The minimum absolute atomic E-state index is 0.380. The van der Waals surface area contributed by atoms with Crippen LogP contribution in [0.15, 0.2) is 59.5 Å². The lowest BCUT2D eigenvalue weighted by Crippen LogP contribution is -1.98. The average molecular weight is 407 g/mol. The van der Waals surface area contributed by atoms with Gasteiger partial charge in [0.1, 0.15) is 4.90 Å². The highest BCUT2D eigenvalue weighted by Crippen LogP contribution is 2.16. The standard InChI is InChI=1S/C6H5I.C6H5NO5S/c7-6-4-2-1-3-5-6;8-7(9)5-2-1-3-6(4-5)13(10,11)12/h1-5H;1-4H,(H,10,11,12). The fraction of sp³-hybridized carbons (Fsp3) is 0. The highest BCUT2D eigenvalue weighted by molar-refractivity contribution is 14.1. The van der Waals surface area contributed by atoms with Gasteiger partial charge in [0, 0.05) is 15.7 Å². The predicted octanol–water partition coefficient (Wildman–Crippen LogP) is 3.13. The summed E-state index contributed by atoms with van der Waals surface area (Å²) < 4.78 is 30.9. The number of benzene rings is 2. The van der Waals surface area contributed by atoms with Crippen molar-refractivity contribution in [2.75, 3.05) is 0 Å². The molecule has 6 nitrogen and oxygen atoms in total. The van der Waals surface area contributed by atoms with Crippen molar-refractivity contribution < 1.29 is 17.9 Å². The van der Waals surface area contributed by atoms with Gasteiger partial charge in [-0.2, -0.15) is 8.42 Å². The van der Waals surface area contributed by atoms with Gasteiger partial charge < -0.3 is 0 Å². The van der Waals surface area contributed by atoms with E-state index in [0.29, 0.717) is 0 Å². The second-order valence-electron chi connectivity index (χ2n) is 3.53. The van der Waals surface area contributed by atoms with Gasteiger partial charge in [0.05, 0.1) is 4.92 Å². The highest BCUT2D eigenvalue weighted by Gasteiger charge is 2.13. The summed E-state index contributed by atoms with van der Waals surface area (Å²) in [6.07, 6.45) is 0. The molecule has 2 aromatic rings. The highest BCUT2D eigenvalue weighted by atomic mass is 127. The Bertz CT molecular complexity index is 688. The van der Waals surface area contributed by atoms with Gasteiger partial charge in [-0.25, -0.2) is 0 Å². The van der Waals surface area contributed by atoms with Crippen LogP contribution in [0.1, 0.15) is 0 Å². The van der Waals surface area contributed by atoms with Crippen LogP contribution in [0.4, 0.5) is 5.69 Å². The number of hydrogen-bond donors (Lipinski definition) is 1. The number of rotatable bonds is 2. The van der Waals surface area contributed by atoms with Crippen LogP contribution in [0.5, 0.6) is 0 Å². The SMILES string of the molecule is Ic1ccccc1.O=[N+]([O-])c1cccc(S(=O)(=O)O)c1. The summed E-state index contributed by atoms with van der Waals surface area (Å²) in [7, 11) is -4.36. The van der Waals surface area contributed by atoms with Crippen LogP contribution in [0.25, 0.3) is 0 Å². The first kappa shape index (κ1) is 16.5. The second kappa shape index (κ2) is 7.31. The molecule has 2 aromatic carbocycles. The molecule has 0 saturated heterocycles. The predicted molar refractivity (Wildman–Crippen MR) is 82.1 cm³/mol. The van der Waals surface area contributed by atoms with Crippen LogP contribution in [-0.2, 0) is 10.1 Å². The van der Waals surface area contributed by atoms with Gasteiger partial charge in [-0.1, -0.05) is 24.3 Å². The normalized spacial score (nSPS) is 10.3. The zero-order valence-electron chi connectivity index (χ0n) is 10.0. The summed E-state index contributed by atoms with van der Waals surface area (Å²) in [6, 6.07) is 14.4. The van der Waals surface area contributed by atoms with Crippen LogP contribution in [-0.4, -0.2) is 17.9 Å².